The standard InChI is InChI=1S/C63H78N2O11/c1-32-39-10-5-4-8-33(39)13-19-58(32)17-7-18-61-46(58)24-38-23-37-9-6-16-59(37)27-36-26-56(2)52(41-15-21-72-45(41)25-42(44(67)29-66)34-11-12-40-35(22-34)14-20-65-31-64-28-43(40)65)74-55(71)53-63(56,75-53)57(3)48(36)60(49(61)47(68)51(57)69)30-73-54(70)50(59)62(38,60)76-61/h7,13-15,17,19-21,24,32-37,39-40,42-44,46,48-53,64,66-67,69H,4-6,8-12,16,18,22-23,25-31H2,1-3H3/t32-,33+,34+,35-,36+,37+,39-,40+,42+,43+,44-,46+,48+,49+,50+,51-,52+,53-,56+,57+,58+,59+,60-,61+,62+,63-/m1/s1. The van der Waals surface area contributed by atoms with Gasteiger partial charge in [-0.2, -0.15) is 0 Å². The highest BCUT2D eigenvalue weighted by Crippen LogP contribution is 2.89. The van der Waals surface area contributed by atoms with Gasteiger partial charge in [-0.1, -0.05) is 76.5 Å². The molecule has 0 amide bonds. The summed E-state index contributed by atoms with van der Waals surface area (Å²) in [5.74, 6) is -0.161. The van der Waals surface area contributed by atoms with Gasteiger partial charge in [0.2, 0.25) is 0 Å². The summed E-state index contributed by atoms with van der Waals surface area (Å²) in [6.07, 6.45) is 27.8. The van der Waals surface area contributed by atoms with Crippen molar-refractivity contribution < 1.29 is 53.1 Å². The number of allylic oxidation sites excluding steroid dienone is 4. The van der Waals surface area contributed by atoms with E-state index in [4.69, 9.17) is 23.4 Å². The summed E-state index contributed by atoms with van der Waals surface area (Å²) >= 11 is 0. The van der Waals surface area contributed by atoms with Gasteiger partial charge in [-0.05, 0) is 153 Å². The van der Waals surface area contributed by atoms with Crippen molar-refractivity contribution in [3.63, 3.8) is 0 Å². The van der Waals surface area contributed by atoms with Gasteiger partial charge < -0.3 is 43.6 Å². The lowest BCUT2D eigenvalue weighted by Gasteiger charge is -2.70. The van der Waals surface area contributed by atoms with Crippen LogP contribution in [-0.2, 0) is 39.8 Å². The molecule has 9 aliphatic carbocycles. The lowest BCUT2D eigenvalue weighted by Crippen LogP contribution is -2.80. The Morgan fingerprint density at radius 2 is 1.82 bits per heavy atom. The van der Waals surface area contributed by atoms with Crippen LogP contribution in [0.15, 0.2) is 65.0 Å². The average molecular weight is 1040 g/mol. The number of fused-ring (bicyclic) bond motifs is 5. The lowest BCUT2D eigenvalue weighted by atomic mass is 9.32. The van der Waals surface area contributed by atoms with Gasteiger partial charge in [-0.15, -0.1) is 0 Å². The molecule has 26 atom stereocenters. The molecule has 0 aromatic carbocycles. The van der Waals surface area contributed by atoms with Crippen LogP contribution in [0.4, 0.5) is 0 Å². The number of hydrogen-bond acceptors (Lipinski definition) is 13. The zero-order chi connectivity index (χ0) is 51.5. The van der Waals surface area contributed by atoms with Crippen LogP contribution in [0.5, 0.6) is 0 Å². The van der Waals surface area contributed by atoms with Crippen molar-refractivity contribution in [2.24, 2.45) is 104 Å². The summed E-state index contributed by atoms with van der Waals surface area (Å²) in [6, 6.07) is 2.39. The van der Waals surface area contributed by atoms with Crippen molar-refractivity contribution in [1.29, 1.82) is 0 Å². The van der Waals surface area contributed by atoms with Crippen molar-refractivity contribution in [3.05, 3.63) is 71.9 Å². The number of carbonyl (C=O) groups excluding carboxylic acids is 3. The third-order valence-electron chi connectivity index (χ3n) is 27.2. The highest BCUT2D eigenvalue weighted by molar-refractivity contribution is 5.94. The van der Waals surface area contributed by atoms with E-state index in [9.17, 15) is 20.1 Å². The maximum Gasteiger partial charge on any atom is 0.339 e. The molecule has 17 rings (SSSR count). The first-order valence-electron chi connectivity index (χ1n) is 30.2. The maximum absolute atomic E-state index is 16.7. The number of epoxide rings is 1. The van der Waals surface area contributed by atoms with Gasteiger partial charge >= 0.3 is 11.9 Å². The van der Waals surface area contributed by atoms with E-state index in [-0.39, 0.29) is 54.6 Å². The van der Waals surface area contributed by atoms with Crippen LogP contribution in [0, 0.1) is 104 Å². The minimum absolute atomic E-state index is 0.0295. The quantitative estimate of drug-likeness (QED) is 0.127. The molecule has 7 saturated carbocycles. The number of hydrogen-bond donors (Lipinski definition) is 4. The predicted octanol–water partition coefficient (Wildman–Crippen LogP) is 7.30. The van der Waals surface area contributed by atoms with Crippen LogP contribution in [0.2, 0.25) is 0 Å². The van der Waals surface area contributed by atoms with Crippen LogP contribution < -0.4 is 5.32 Å². The number of ether oxygens (including phenoxy) is 4. The van der Waals surface area contributed by atoms with Crippen molar-refractivity contribution >= 4 is 17.7 Å². The molecule has 0 unspecified atom stereocenters. The summed E-state index contributed by atoms with van der Waals surface area (Å²) in [4.78, 5) is 49.6. The summed E-state index contributed by atoms with van der Waals surface area (Å²) in [5, 5.41) is 39.8. The normalized spacial score (nSPS) is 56.4. The molecule has 76 heavy (non-hydrogen) atoms. The Morgan fingerprint density at radius 1 is 0.947 bits per heavy atom. The van der Waals surface area contributed by atoms with Gasteiger partial charge in [-0.3, -0.25) is 14.9 Å². The molecule has 5 saturated heterocycles. The highest BCUT2D eigenvalue weighted by Gasteiger charge is 2.97. The monoisotopic (exact) mass is 1040 g/mol. The van der Waals surface area contributed by atoms with Crippen LogP contribution in [0.3, 0.4) is 0 Å². The first-order chi connectivity index (χ1) is 36.7. The molecule has 1 aromatic rings. The molecule has 13 heteroatoms. The predicted molar refractivity (Wildman–Crippen MR) is 274 cm³/mol. The van der Waals surface area contributed by atoms with Crippen molar-refractivity contribution in [3.8, 4) is 0 Å². The van der Waals surface area contributed by atoms with Gasteiger partial charge in [0.15, 0.2) is 11.9 Å². The fourth-order valence-electron chi connectivity index (χ4n) is 24.8. The number of carbonyl (C=O) groups is 3. The maximum atomic E-state index is 16.7. The Bertz CT molecular complexity index is 2870. The minimum atomic E-state index is -1.51. The van der Waals surface area contributed by atoms with E-state index in [1.54, 1.807) is 6.26 Å². The smallest absolute Gasteiger partial charge is 0.339 e. The van der Waals surface area contributed by atoms with Crippen LogP contribution in [0.25, 0.3) is 0 Å². The van der Waals surface area contributed by atoms with Crippen LogP contribution in [-0.4, -0.2) is 106 Å². The first kappa shape index (κ1) is 47.2. The Kier molecular flexibility index (Phi) is 9.35. The number of rotatable bonds is 6. The summed E-state index contributed by atoms with van der Waals surface area (Å²) in [7, 11) is 0. The average Bonchev–Trinajstić information content (AvgIpc) is 2.72. The number of Topliss-reactive ketones (excluding diaryl/α,β-unsaturated/α-hetero) is 1. The summed E-state index contributed by atoms with van der Waals surface area (Å²) in [5.41, 5.74) is -5.76. The molecule has 12 fully saturated rings. The molecule has 8 heterocycles. The van der Waals surface area contributed by atoms with Crippen LogP contribution in [0.1, 0.15) is 128 Å². The fourth-order valence-corrected chi connectivity index (χ4v) is 24.8. The molecule has 6 spiro atoms. The second-order valence-electron chi connectivity index (χ2n) is 28.9. The Labute approximate surface area is 446 Å². The Morgan fingerprint density at radius 3 is 2.68 bits per heavy atom. The molecule has 406 valence electrons. The highest BCUT2D eigenvalue weighted by atomic mass is 16.7. The van der Waals surface area contributed by atoms with E-state index in [2.05, 4.69) is 73.6 Å². The lowest BCUT2D eigenvalue weighted by molar-refractivity contribution is -0.281. The third-order valence-corrected chi connectivity index (χ3v) is 27.2. The largest absolute Gasteiger partial charge is 0.469 e. The van der Waals surface area contributed by atoms with E-state index in [1.807, 2.05) is 6.07 Å². The van der Waals surface area contributed by atoms with E-state index in [0.29, 0.717) is 66.2 Å². The minimum Gasteiger partial charge on any atom is -0.469 e. The zero-order valence-electron chi connectivity index (χ0n) is 44.6. The van der Waals surface area contributed by atoms with E-state index < -0.39 is 92.0 Å². The summed E-state index contributed by atoms with van der Waals surface area (Å²) in [6.45, 7) is 8.21. The van der Waals surface area contributed by atoms with Gasteiger partial charge in [0.25, 0.3) is 0 Å². The van der Waals surface area contributed by atoms with Gasteiger partial charge in [-0.25, -0.2) is 4.79 Å². The molecule has 7 aliphatic heterocycles. The third kappa shape index (κ3) is 5.00. The molecular formula is C63H78N2O11. The number of cyclic esters (lactones) is 2. The molecule has 16 aliphatic rings. The molecule has 13 nitrogen and oxygen atoms in total. The van der Waals surface area contributed by atoms with E-state index >= 15 is 9.59 Å². The Balaban J connectivity index is 0.810. The molecule has 4 N–H and O–H groups in total. The number of aliphatic hydroxyl groups is 3. The number of esters is 2. The van der Waals surface area contributed by atoms with Crippen molar-refractivity contribution in [2.45, 2.75) is 164 Å². The van der Waals surface area contributed by atoms with Gasteiger partial charge in [0, 0.05) is 46.7 Å². The van der Waals surface area contributed by atoms with Gasteiger partial charge in [0.05, 0.1) is 48.5 Å². The van der Waals surface area contributed by atoms with E-state index in [0.717, 1.165) is 64.6 Å². The van der Waals surface area contributed by atoms with Gasteiger partial charge in [0.1, 0.15) is 35.8 Å². The second kappa shape index (κ2) is 15.0. The zero-order valence-corrected chi connectivity index (χ0v) is 44.6. The second-order valence-corrected chi connectivity index (χ2v) is 28.9. The number of nitrogens with one attached hydrogen (secondary N) is 1. The fraction of sp³-hybridized carbons (Fsp3) is 0.762. The SMILES string of the molecule is C[C@@H]1[C@H]2CCCC[C@H]2C=C[C@@]12C=CC[C@]13O[C@]45C(=C[C@@H]21)C[C@@H]1CCC[C@]12C[C@@H]1C[C@@]6(C)[C@H](c7ccoc7C[C@@H]([C@H]7CC[C@H]8[C@H](C=CN9CNC[C@@H]89)C7)[C@H](O)CO)OC(=O)[C@H]7O[C@]76[C@]6(C)[C@H](O)C(=O)[C@H]3[C@@]4(COC(=O)[C@@H]25)[C@@H]16. The molecule has 0 radical (unpaired) electrons. The Hall–Kier alpha value is -3.59. The topological polar surface area (TPSA) is 181 Å². The number of furan rings is 1. The molecule has 5 bridgehead atoms. The first-order valence-corrected chi connectivity index (χ1v) is 30.2. The summed E-state index contributed by atoms with van der Waals surface area (Å²) < 4.78 is 35.6. The number of aliphatic hydroxyl groups excluding tert-OH is 3. The number of nitrogens with zero attached hydrogens (tertiary/aromatic N) is 1. The molecular weight excluding hydrogens is 961 g/mol. The van der Waals surface area contributed by atoms with Crippen molar-refractivity contribution in [2.75, 3.05) is 26.4 Å². The van der Waals surface area contributed by atoms with Crippen molar-refractivity contribution in [1.82, 2.24) is 10.2 Å². The number of ketones is 1. The van der Waals surface area contributed by atoms with E-state index in [1.165, 1.54) is 31.3 Å². The van der Waals surface area contributed by atoms with Crippen LogP contribution >= 0.6 is 0 Å². The molecule has 1 aromatic heterocycles.